The Kier molecular flexibility index (Phi) is 6.43. The lowest BCUT2D eigenvalue weighted by molar-refractivity contribution is -0.384. The highest BCUT2D eigenvalue weighted by molar-refractivity contribution is 8.26. The number of nitrogens with zero attached hydrogens (tertiary/aromatic N) is 2. The van der Waals surface area contributed by atoms with Crippen molar-refractivity contribution in [2.75, 3.05) is 0 Å². The van der Waals surface area contributed by atoms with E-state index in [4.69, 9.17) is 33.3 Å². The summed E-state index contributed by atoms with van der Waals surface area (Å²) in [4.78, 5) is 46.5. The molecule has 31 heavy (non-hydrogen) atoms. The van der Waals surface area contributed by atoms with Gasteiger partial charge in [-0.3, -0.25) is 24.6 Å². The zero-order valence-corrected chi connectivity index (χ0v) is 17.6. The Bertz CT molecular complexity index is 1160. The number of benzene rings is 1. The van der Waals surface area contributed by atoms with E-state index in [1.807, 2.05) is 0 Å². The van der Waals surface area contributed by atoms with Gasteiger partial charge >= 0.3 is 11.9 Å². The summed E-state index contributed by atoms with van der Waals surface area (Å²) in [5.74, 6) is -3.37. The van der Waals surface area contributed by atoms with Crippen LogP contribution in [0.1, 0.15) is 12.2 Å². The first-order chi connectivity index (χ1) is 14.6. The number of amides is 1. The molecule has 1 aromatic carbocycles. The van der Waals surface area contributed by atoms with Crippen LogP contribution in [0.25, 0.3) is 17.4 Å². The van der Waals surface area contributed by atoms with E-state index in [0.29, 0.717) is 0 Å². The Labute approximate surface area is 188 Å². The molecule has 0 spiro atoms. The highest BCUT2D eigenvalue weighted by Crippen LogP contribution is 2.37. The van der Waals surface area contributed by atoms with Gasteiger partial charge in [0.25, 0.3) is 11.6 Å². The molecule has 1 aromatic heterocycles. The summed E-state index contributed by atoms with van der Waals surface area (Å²) in [6, 6.07) is 5.34. The van der Waals surface area contributed by atoms with Crippen molar-refractivity contribution >= 4 is 69.5 Å². The normalized spacial score (nSPS) is 16.0. The Balaban J connectivity index is 1.91. The fourth-order valence-electron chi connectivity index (χ4n) is 2.77. The maximum Gasteiger partial charge on any atom is 0.327 e. The lowest BCUT2D eigenvalue weighted by Crippen LogP contribution is -2.45. The molecule has 0 saturated carbocycles. The molecule has 0 radical (unpaired) electrons. The number of carboxylic acids is 2. The van der Waals surface area contributed by atoms with Gasteiger partial charge in [-0.1, -0.05) is 35.6 Å². The summed E-state index contributed by atoms with van der Waals surface area (Å²) in [5.41, 5.74) is -0.0910. The van der Waals surface area contributed by atoms with Crippen molar-refractivity contribution in [1.29, 1.82) is 0 Å². The molecule has 2 aromatic rings. The minimum Gasteiger partial charge on any atom is -0.481 e. The predicted molar refractivity (Wildman–Crippen MR) is 114 cm³/mol. The zero-order chi connectivity index (χ0) is 22.9. The number of hydrogen-bond donors (Lipinski definition) is 2. The minimum absolute atomic E-state index is 0.0214. The largest absolute Gasteiger partial charge is 0.481 e. The lowest BCUT2D eigenvalue weighted by Gasteiger charge is -2.21. The quantitative estimate of drug-likeness (QED) is 0.259. The van der Waals surface area contributed by atoms with Crippen LogP contribution in [0.5, 0.6) is 0 Å². The van der Waals surface area contributed by atoms with Crippen molar-refractivity contribution in [3.63, 3.8) is 0 Å². The van der Waals surface area contributed by atoms with Crippen LogP contribution in [-0.2, 0) is 14.4 Å². The first-order valence-electron chi connectivity index (χ1n) is 8.34. The highest BCUT2D eigenvalue weighted by Gasteiger charge is 2.41. The van der Waals surface area contributed by atoms with Gasteiger partial charge in [0.2, 0.25) is 0 Å². The van der Waals surface area contributed by atoms with Crippen molar-refractivity contribution < 1.29 is 33.9 Å². The number of furan rings is 1. The third kappa shape index (κ3) is 4.76. The van der Waals surface area contributed by atoms with E-state index in [1.165, 1.54) is 36.4 Å². The highest BCUT2D eigenvalue weighted by atomic mass is 35.5. The van der Waals surface area contributed by atoms with Gasteiger partial charge < -0.3 is 14.6 Å². The average molecular weight is 483 g/mol. The number of rotatable bonds is 7. The van der Waals surface area contributed by atoms with E-state index in [-0.39, 0.29) is 37.0 Å². The topological polar surface area (TPSA) is 151 Å². The molecule has 0 aliphatic carbocycles. The number of hydrogen-bond acceptors (Lipinski definition) is 8. The van der Waals surface area contributed by atoms with Crippen molar-refractivity contribution in [3.8, 4) is 11.3 Å². The molecule has 2 N–H and O–H groups in total. The Morgan fingerprint density at radius 3 is 2.65 bits per heavy atom. The van der Waals surface area contributed by atoms with Crippen LogP contribution >= 0.6 is 35.6 Å². The van der Waals surface area contributed by atoms with Gasteiger partial charge in [-0.15, -0.1) is 0 Å². The fraction of sp³-hybridized carbons (Fsp3) is 0.111. The Morgan fingerprint density at radius 1 is 1.32 bits per heavy atom. The van der Waals surface area contributed by atoms with Gasteiger partial charge in [0.15, 0.2) is 0 Å². The van der Waals surface area contributed by atoms with Crippen LogP contribution in [-0.4, -0.2) is 48.2 Å². The first-order valence-corrected chi connectivity index (χ1v) is 9.94. The van der Waals surface area contributed by atoms with Crippen LogP contribution in [0.3, 0.4) is 0 Å². The lowest BCUT2D eigenvalue weighted by atomic mass is 10.1. The van der Waals surface area contributed by atoms with Gasteiger partial charge in [-0.25, -0.2) is 4.79 Å². The van der Waals surface area contributed by atoms with Crippen LogP contribution < -0.4 is 0 Å². The van der Waals surface area contributed by atoms with Crippen LogP contribution in [0.15, 0.2) is 39.7 Å². The van der Waals surface area contributed by atoms with E-state index in [0.717, 1.165) is 16.7 Å². The molecule has 2 heterocycles. The summed E-state index contributed by atoms with van der Waals surface area (Å²) in [6.07, 6.45) is 0.477. The fourth-order valence-corrected chi connectivity index (χ4v) is 4.27. The third-order valence-electron chi connectivity index (χ3n) is 4.11. The molecule has 1 atom stereocenters. The maximum absolute atomic E-state index is 12.7. The van der Waals surface area contributed by atoms with Gasteiger partial charge in [-0.05, 0) is 24.3 Å². The van der Waals surface area contributed by atoms with Crippen molar-refractivity contribution in [1.82, 2.24) is 4.90 Å². The first kappa shape index (κ1) is 22.5. The third-order valence-corrected chi connectivity index (χ3v) is 5.68. The molecule has 3 rings (SSSR count). The number of thioether (sulfide) groups is 1. The molecule has 1 unspecified atom stereocenters. The maximum atomic E-state index is 12.7. The summed E-state index contributed by atoms with van der Waals surface area (Å²) < 4.78 is 5.49. The van der Waals surface area contributed by atoms with E-state index in [1.54, 1.807) is 0 Å². The predicted octanol–water partition coefficient (Wildman–Crippen LogP) is 3.64. The van der Waals surface area contributed by atoms with Crippen molar-refractivity contribution in [2.45, 2.75) is 12.5 Å². The average Bonchev–Trinajstić information content (AvgIpc) is 3.24. The molecular formula is C18H11ClN2O8S2. The summed E-state index contributed by atoms with van der Waals surface area (Å²) >= 11 is 11.7. The minimum atomic E-state index is -1.65. The molecule has 1 saturated heterocycles. The van der Waals surface area contributed by atoms with Gasteiger partial charge in [0, 0.05) is 17.2 Å². The number of halogens is 1. The van der Waals surface area contributed by atoms with E-state index < -0.39 is 35.2 Å². The van der Waals surface area contributed by atoms with Crippen molar-refractivity contribution in [3.05, 3.63) is 56.1 Å². The number of thiocarbonyl (C=S) groups is 1. The van der Waals surface area contributed by atoms with Crippen LogP contribution in [0.2, 0.25) is 5.02 Å². The molecule has 0 bridgehead atoms. The number of carboxylic acid groups (broad SMARTS) is 2. The number of nitro benzene ring substituents is 1. The molecule has 1 fully saturated rings. The van der Waals surface area contributed by atoms with E-state index >= 15 is 0 Å². The van der Waals surface area contributed by atoms with Crippen LogP contribution in [0.4, 0.5) is 5.69 Å². The number of nitro groups is 1. The summed E-state index contributed by atoms with van der Waals surface area (Å²) in [7, 11) is 0. The Hall–Kier alpha value is -3.22. The monoisotopic (exact) mass is 482 g/mol. The molecule has 10 nitrogen and oxygen atoms in total. The SMILES string of the molecule is O=C(O)CC(C(=O)O)N1C(=O)/C(=C/c2ccc(-c3ccc(Cl)cc3[N+](=O)[O-])o2)SC1=S. The second-order valence-corrected chi connectivity index (χ2v) is 8.24. The van der Waals surface area contributed by atoms with Crippen molar-refractivity contribution in [2.24, 2.45) is 0 Å². The van der Waals surface area contributed by atoms with Gasteiger partial charge in [-0.2, -0.15) is 0 Å². The summed E-state index contributed by atoms with van der Waals surface area (Å²) in [6.45, 7) is 0. The molecule has 1 aliphatic heterocycles. The second kappa shape index (κ2) is 8.88. The summed E-state index contributed by atoms with van der Waals surface area (Å²) in [5, 5.41) is 29.7. The molecular weight excluding hydrogens is 472 g/mol. The Morgan fingerprint density at radius 2 is 2.03 bits per heavy atom. The number of carbonyl (C=O) groups is 3. The number of aliphatic carboxylic acids is 2. The molecule has 13 heteroatoms. The molecule has 1 aliphatic rings. The molecule has 1 amide bonds. The zero-order valence-electron chi connectivity index (χ0n) is 15.2. The molecule has 160 valence electrons. The van der Waals surface area contributed by atoms with E-state index in [9.17, 15) is 29.6 Å². The smallest absolute Gasteiger partial charge is 0.327 e. The second-order valence-electron chi connectivity index (χ2n) is 6.12. The van der Waals surface area contributed by atoms with Crippen LogP contribution in [0, 0.1) is 10.1 Å². The van der Waals surface area contributed by atoms with Gasteiger partial charge in [0.1, 0.15) is 21.9 Å². The van der Waals surface area contributed by atoms with E-state index in [2.05, 4.69) is 0 Å². The number of carbonyl (C=O) groups excluding carboxylic acids is 1. The van der Waals surface area contributed by atoms with Gasteiger partial charge in [0.05, 0.1) is 21.8 Å². The standard InChI is InChI=1S/C18H11ClN2O8S2/c19-8-1-3-10(11(5-8)21(27)28)13-4-2-9(29-13)6-14-16(24)20(18(30)31-14)12(17(25)26)7-15(22)23/h1-6,12H,7H2,(H,22,23)(H,25,26)/b14-6-.